The van der Waals surface area contributed by atoms with Gasteiger partial charge in [0.15, 0.2) is 0 Å². The van der Waals surface area contributed by atoms with Crippen molar-refractivity contribution in [3.8, 4) is 5.75 Å². The average molecular weight is 393 g/mol. The highest BCUT2D eigenvalue weighted by Crippen LogP contribution is 2.28. The molecule has 1 N–H and O–H groups in total. The van der Waals surface area contributed by atoms with Gasteiger partial charge in [0.1, 0.15) is 29.0 Å². The van der Waals surface area contributed by atoms with Crippen LogP contribution in [0.25, 0.3) is 0 Å². The maximum Gasteiger partial charge on any atom is 0.146 e. The third-order valence-corrected chi connectivity index (χ3v) is 4.99. The van der Waals surface area contributed by atoms with Crippen LogP contribution in [-0.4, -0.2) is 43.3 Å². The van der Waals surface area contributed by atoms with E-state index in [2.05, 4.69) is 25.1 Å². The molecular formula is C22H24FN5O. The lowest BCUT2D eigenvalue weighted by Gasteiger charge is -2.37. The average Bonchev–Trinajstić information content (AvgIpc) is 2.74. The van der Waals surface area contributed by atoms with Crippen LogP contribution in [0.5, 0.6) is 5.75 Å². The van der Waals surface area contributed by atoms with Crippen molar-refractivity contribution in [2.45, 2.75) is 6.92 Å². The Morgan fingerprint density at radius 3 is 2.38 bits per heavy atom. The molecule has 29 heavy (non-hydrogen) atoms. The minimum atomic E-state index is -0.179. The molecule has 0 radical (unpaired) electrons. The van der Waals surface area contributed by atoms with Crippen LogP contribution in [-0.2, 0) is 0 Å². The molecule has 150 valence electrons. The summed E-state index contributed by atoms with van der Waals surface area (Å²) in [5, 5.41) is 3.32. The maximum absolute atomic E-state index is 14.1. The Hall–Kier alpha value is -3.35. The van der Waals surface area contributed by atoms with Crippen molar-refractivity contribution in [2.24, 2.45) is 0 Å². The molecular weight excluding hydrogens is 369 g/mol. The van der Waals surface area contributed by atoms with Crippen LogP contribution in [0.15, 0.2) is 54.6 Å². The number of piperazine rings is 1. The van der Waals surface area contributed by atoms with E-state index in [0.29, 0.717) is 17.3 Å². The number of rotatable bonds is 5. The number of aryl methyl sites for hydroxylation is 1. The highest BCUT2D eigenvalue weighted by Gasteiger charge is 2.21. The van der Waals surface area contributed by atoms with Gasteiger partial charge in [-0.3, -0.25) is 0 Å². The SMILES string of the molecule is COc1ccccc1Nc1cc(N2CCN(c3ccccc3F)CC2)nc(C)n1. The number of ether oxygens (including phenoxy) is 1. The summed E-state index contributed by atoms with van der Waals surface area (Å²) in [6, 6.07) is 16.6. The normalized spacial score (nSPS) is 14.0. The Kier molecular flexibility index (Phi) is 5.46. The first-order valence-electron chi connectivity index (χ1n) is 9.64. The van der Waals surface area contributed by atoms with E-state index in [4.69, 9.17) is 4.74 Å². The fourth-order valence-corrected chi connectivity index (χ4v) is 3.55. The summed E-state index contributed by atoms with van der Waals surface area (Å²) in [5.41, 5.74) is 1.51. The van der Waals surface area contributed by atoms with Crippen LogP contribution in [0.2, 0.25) is 0 Å². The van der Waals surface area contributed by atoms with Gasteiger partial charge < -0.3 is 19.9 Å². The fraction of sp³-hybridized carbons (Fsp3) is 0.273. The lowest BCUT2D eigenvalue weighted by atomic mass is 10.2. The van der Waals surface area contributed by atoms with Gasteiger partial charge in [-0.1, -0.05) is 24.3 Å². The molecule has 1 saturated heterocycles. The Labute approximate surface area is 170 Å². The fourth-order valence-electron chi connectivity index (χ4n) is 3.55. The van der Waals surface area contributed by atoms with Crippen molar-refractivity contribution in [1.82, 2.24) is 9.97 Å². The van der Waals surface area contributed by atoms with Gasteiger partial charge in [0.25, 0.3) is 0 Å². The molecule has 1 fully saturated rings. The molecule has 2 heterocycles. The van der Waals surface area contributed by atoms with E-state index in [1.165, 1.54) is 6.07 Å². The van der Waals surface area contributed by atoms with Gasteiger partial charge in [0.05, 0.1) is 18.5 Å². The van der Waals surface area contributed by atoms with E-state index in [-0.39, 0.29) is 5.82 Å². The second-order valence-electron chi connectivity index (χ2n) is 6.91. The number of aromatic nitrogens is 2. The largest absolute Gasteiger partial charge is 0.495 e. The number of para-hydroxylation sites is 3. The van der Waals surface area contributed by atoms with E-state index in [1.807, 2.05) is 49.4 Å². The van der Waals surface area contributed by atoms with Gasteiger partial charge in [0, 0.05) is 32.2 Å². The number of methoxy groups -OCH3 is 1. The van der Waals surface area contributed by atoms with Gasteiger partial charge >= 0.3 is 0 Å². The molecule has 1 aliphatic rings. The Morgan fingerprint density at radius 2 is 1.62 bits per heavy atom. The molecule has 0 saturated carbocycles. The molecule has 0 unspecified atom stereocenters. The number of anilines is 4. The van der Waals surface area contributed by atoms with E-state index in [0.717, 1.165) is 43.4 Å². The van der Waals surface area contributed by atoms with Gasteiger partial charge in [0.2, 0.25) is 0 Å². The number of hydrogen-bond donors (Lipinski definition) is 1. The number of nitrogens with one attached hydrogen (secondary N) is 1. The first kappa shape index (κ1) is 19.0. The van der Waals surface area contributed by atoms with Gasteiger partial charge in [-0.05, 0) is 31.2 Å². The van der Waals surface area contributed by atoms with Crippen molar-refractivity contribution >= 4 is 23.0 Å². The number of benzene rings is 2. The van der Waals surface area contributed by atoms with Crippen LogP contribution in [0, 0.1) is 12.7 Å². The minimum absolute atomic E-state index is 0.179. The van der Waals surface area contributed by atoms with Crippen molar-refractivity contribution in [3.63, 3.8) is 0 Å². The van der Waals surface area contributed by atoms with Gasteiger partial charge in [-0.2, -0.15) is 0 Å². The first-order chi connectivity index (χ1) is 14.1. The molecule has 1 aromatic heterocycles. The van der Waals surface area contributed by atoms with Crippen LogP contribution < -0.4 is 19.9 Å². The summed E-state index contributed by atoms with van der Waals surface area (Å²) >= 11 is 0. The molecule has 4 rings (SSSR count). The maximum atomic E-state index is 14.1. The van der Waals surface area contributed by atoms with E-state index >= 15 is 0 Å². The smallest absolute Gasteiger partial charge is 0.146 e. The van der Waals surface area contributed by atoms with Crippen molar-refractivity contribution in [1.29, 1.82) is 0 Å². The molecule has 2 aromatic carbocycles. The topological polar surface area (TPSA) is 53.5 Å². The zero-order valence-corrected chi connectivity index (χ0v) is 16.6. The Morgan fingerprint density at radius 1 is 0.931 bits per heavy atom. The predicted octanol–water partition coefficient (Wildman–Crippen LogP) is 4.00. The summed E-state index contributed by atoms with van der Waals surface area (Å²) in [5.74, 6) is 2.85. The second kappa shape index (κ2) is 8.34. The third-order valence-electron chi connectivity index (χ3n) is 4.99. The standard InChI is InChI=1S/C22H24FN5O/c1-16-24-21(26-18-8-4-6-10-20(18)29-2)15-22(25-16)28-13-11-27(12-14-28)19-9-5-3-7-17(19)23/h3-10,15H,11-14H2,1-2H3,(H,24,25,26). The van der Waals surface area contributed by atoms with Gasteiger partial charge in [-0.15, -0.1) is 0 Å². The van der Waals surface area contributed by atoms with Crippen LogP contribution in [0.3, 0.4) is 0 Å². The summed E-state index contributed by atoms with van der Waals surface area (Å²) in [4.78, 5) is 13.4. The summed E-state index contributed by atoms with van der Waals surface area (Å²) in [7, 11) is 1.65. The molecule has 6 nitrogen and oxygen atoms in total. The monoisotopic (exact) mass is 393 g/mol. The van der Waals surface area contributed by atoms with Crippen molar-refractivity contribution in [2.75, 3.05) is 48.4 Å². The molecule has 3 aromatic rings. The summed E-state index contributed by atoms with van der Waals surface area (Å²) in [6.07, 6.45) is 0. The van der Waals surface area contributed by atoms with Crippen molar-refractivity contribution in [3.05, 3.63) is 66.2 Å². The second-order valence-corrected chi connectivity index (χ2v) is 6.91. The highest BCUT2D eigenvalue weighted by atomic mass is 19.1. The first-order valence-corrected chi connectivity index (χ1v) is 9.64. The summed E-state index contributed by atoms with van der Waals surface area (Å²) in [6.45, 7) is 4.88. The summed E-state index contributed by atoms with van der Waals surface area (Å²) < 4.78 is 19.5. The lowest BCUT2D eigenvalue weighted by Crippen LogP contribution is -2.47. The molecule has 0 atom stereocenters. The molecule has 1 aliphatic heterocycles. The minimum Gasteiger partial charge on any atom is -0.495 e. The zero-order valence-electron chi connectivity index (χ0n) is 16.6. The quantitative estimate of drug-likeness (QED) is 0.707. The van der Waals surface area contributed by atoms with Crippen LogP contribution >= 0.6 is 0 Å². The van der Waals surface area contributed by atoms with Crippen molar-refractivity contribution < 1.29 is 9.13 Å². The molecule has 0 aliphatic carbocycles. The van der Waals surface area contributed by atoms with Crippen LogP contribution in [0.4, 0.5) is 27.4 Å². The van der Waals surface area contributed by atoms with Gasteiger partial charge in [-0.25, -0.2) is 14.4 Å². The Balaban J connectivity index is 1.49. The predicted molar refractivity (Wildman–Crippen MR) is 114 cm³/mol. The van der Waals surface area contributed by atoms with Crippen LogP contribution in [0.1, 0.15) is 5.82 Å². The van der Waals surface area contributed by atoms with E-state index < -0.39 is 0 Å². The third kappa shape index (κ3) is 4.23. The highest BCUT2D eigenvalue weighted by molar-refractivity contribution is 5.66. The number of hydrogen-bond acceptors (Lipinski definition) is 6. The van der Waals surface area contributed by atoms with E-state index in [1.54, 1.807) is 13.2 Å². The lowest BCUT2D eigenvalue weighted by molar-refractivity contribution is 0.417. The molecule has 0 bridgehead atoms. The van der Waals surface area contributed by atoms with E-state index in [9.17, 15) is 4.39 Å². The Bertz CT molecular complexity index is 988. The molecule has 7 heteroatoms. The molecule has 0 spiro atoms. The zero-order chi connectivity index (χ0) is 20.2. The number of nitrogens with zero attached hydrogens (tertiary/aromatic N) is 4. The molecule has 0 amide bonds. The number of halogens is 1.